The average Bonchev–Trinajstić information content (AvgIpc) is 1.62. The van der Waals surface area contributed by atoms with Crippen molar-refractivity contribution in [2.45, 2.75) is 17.9 Å². The molecule has 0 fully saturated rings. The fourth-order valence-corrected chi connectivity index (χ4v) is 0.306. The second kappa shape index (κ2) is 2.57. The molecule has 0 spiro atoms. The van der Waals surface area contributed by atoms with E-state index in [0.29, 0.717) is 0 Å². The van der Waals surface area contributed by atoms with Gasteiger partial charge in [-0.25, -0.2) is 0 Å². The van der Waals surface area contributed by atoms with Crippen molar-refractivity contribution in [1.29, 1.82) is 0 Å². The van der Waals surface area contributed by atoms with Crippen molar-refractivity contribution in [3.63, 3.8) is 0 Å². The molecule has 8 heavy (non-hydrogen) atoms. The summed E-state index contributed by atoms with van der Waals surface area (Å²) in [4.78, 5) is 10.6. The molecular formula is C5H9LiO2. The Morgan fingerprint density at radius 1 is 1.62 bits per heavy atom. The first-order chi connectivity index (χ1) is 3.48. The van der Waals surface area contributed by atoms with Crippen molar-refractivity contribution in [2.24, 2.45) is 0 Å². The summed E-state index contributed by atoms with van der Waals surface area (Å²) in [5, 5.41) is 0. The van der Waals surface area contributed by atoms with Gasteiger partial charge in [-0.1, -0.05) is 0 Å². The SMILES string of the molecule is [Li][C](C)(C)C(=O)OC. The molecule has 0 aromatic heterocycles. The molecule has 0 aromatic carbocycles. The quantitative estimate of drug-likeness (QED) is 0.361. The Bertz CT molecular complexity index is 93.1. The second-order valence-corrected chi connectivity index (χ2v) is 2.74. The van der Waals surface area contributed by atoms with E-state index < -0.39 is 0 Å². The molecule has 0 rings (SSSR count). The fraction of sp³-hybridized carbons (Fsp3) is 0.800. The van der Waals surface area contributed by atoms with Gasteiger partial charge in [0.25, 0.3) is 0 Å². The number of rotatable bonds is 1. The van der Waals surface area contributed by atoms with Gasteiger partial charge in [0, 0.05) is 0 Å². The summed E-state index contributed by atoms with van der Waals surface area (Å²) in [5.41, 5.74) is 0. The van der Waals surface area contributed by atoms with Gasteiger partial charge in [-0.3, -0.25) is 0 Å². The molecule has 0 atom stereocenters. The summed E-state index contributed by atoms with van der Waals surface area (Å²) in [7, 11) is 1.40. The van der Waals surface area contributed by atoms with Crippen molar-refractivity contribution < 1.29 is 9.53 Å². The Morgan fingerprint density at radius 2 is 2.00 bits per heavy atom. The van der Waals surface area contributed by atoms with E-state index in [1.165, 1.54) is 7.11 Å². The predicted octanol–water partition coefficient (Wildman–Crippen LogP) is 0.526. The minimum atomic E-state index is -0.352. The van der Waals surface area contributed by atoms with E-state index in [0.717, 1.165) is 0 Å². The number of hydrogen-bond acceptors (Lipinski definition) is 2. The molecule has 0 amide bonds. The third-order valence-electron chi connectivity index (χ3n) is 0.798. The van der Waals surface area contributed by atoms with Gasteiger partial charge in [0.05, 0.1) is 0 Å². The molecule has 0 bridgehead atoms. The van der Waals surface area contributed by atoms with E-state index in [-0.39, 0.29) is 10.1 Å². The Morgan fingerprint density at radius 3 is 2.00 bits per heavy atom. The second-order valence-electron chi connectivity index (χ2n) is 2.74. The monoisotopic (exact) mass is 108 g/mol. The molecule has 0 saturated carbocycles. The van der Waals surface area contributed by atoms with Crippen LogP contribution >= 0.6 is 0 Å². The Kier molecular flexibility index (Phi) is 2.59. The van der Waals surface area contributed by atoms with Gasteiger partial charge in [-0.2, -0.15) is 0 Å². The van der Waals surface area contributed by atoms with Crippen LogP contribution in [0.3, 0.4) is 0 Å². The van der Waals surface area contributed by atoms with Crippen molar-refractivity contribution in [1.82, 2.24) is 0 Å². The summed E-state index contributed by atoms with van der Waals surface area (Å²) < 4.78 is 4.12. The zero-order valence-corrected chi connectivity index (χ0v) is 5.82. The van der Waals surface area contributed by atoms with E-state index in [2.05, 4.69) is 4.74 Å². The number of esters is 1. The number of ether oxygens (including phenoxy) is 1. The zero-order valence-electron chi connectivity index (χ0n) is 5.82. The van der Waals surface area contributed by atoms with Crippen LogP contribution in [-0.4, -0.2) is 30.8 Å². The van der Waals surface area contributed by atoms with E-state index in [1.807, 2.05) is 31.6 Å². The third-order valence-corrected chi connectivity index (χ3v) is 0.798. The van der Waals surface area contributed by atoms with Crippen molar-refractivity contribution in [3.8, 4) is 0 Å². The maximum absolute atomic E-state index is 10.6. The molecule has 0 N–H and O–H groups in total. The van der Waals surface area contributed by atoms with Gasteiger partial charge in [0.2, 0.25) is 0 Å². The maximum atomic E-state index is 10.6. The van der Waals surface area contributed by atoms with Crippen molar-refractivity contribution in [3.05, 3.63) is 0 Å². The molecular weight excluding hydrogens is 99.0 g/mol. The Labute approximate surface area is 58.8 Å². The molecule has 3 heteroatoms. The van der Waals surface area contributed by atoms with E-state index in [9.17, 15) is 4.79 Å². The third kappa shape index (κ3) is 2.39. The van der Waals surface area contributed by atoms with Crippen LogP contribution in [-0.2, 0) is 9.53 Å². The summed E-state index contributed by atoms with van der Waals surface area (Å²) in [6.45, 7) is 3.64. The van der Waals surface area contributed by atoms with Gasteiger partial charge in [0.15, 0.2) is 0 Å². The Balaban J connectivity index is 3.82. The number of hydrogen-bond donors (Lipinski definition) is 0. The van der Waals surface area contributed by atoms with Crippen LogP contribution in [0, 0.1) is 0 Å². The molecule has 0 aliphatic carbocycles. The van der Waals surface area contributed by atoms with E-state index in [1.54, 1.807) is 0 Å². The van der Waals surface area contributed by atoms with Crippen LogP contribution in [0.1, 0.15) is 13.8 Å². The average molecular weight is 108 g/mol. The molecule has 42 valence electrons. The van der Waals surface area contributed by atoms with E-state index in [4.69, 9.17) is 0 Å². The first-order valence-corrected chi connectivity index (χ1v) is 2.57. The number of methoxy groups -OCH3 is 1. The Hall–Kier alpha value is 0.0674. The summed E-state index contributed by atoms with van der Waals surface area (Å²) >= 11 is 1.82. The molecule has 0 unspecified atom stereocenters. The molecule has 0 aromatic rings. The van der Waals surface area contributed by atoms with Gasteiger partial charge in [-0.05, 0) is 0 Å². The summed E-state index contributed by atoms with van der Waals surface area (Å²) in [5.74, 6) is -0.169. The number of carbonyl (C=O) groups excluding carboxylic acids is 1. The van der Waals surface area contributed by atoms with Crippen LogP contribution in [0.4, 0.5) is 0 Å². The van der Waals surface area contributed by atoms with Crippen LogP contribution in [0.2, 0.25) is 4.09 Å². The van der Waals surface area contributed by atoms with Gasteiger partial charge in [-0.15, -0.1) is 0 Å². The molecule has 0 saturated heterocycles. The van der Waals surface area contributed by atoms with Crippen molar-refractivity contribution in [2.75, 3.05) is 7.11 Å². The molecule has 0 aliphatic rings. The standard InChI is InChI=1S/C5H9O2.Li/c1-4(2)5(6)7-3;/h1-3H3;. The minimum absolute atomic E-state index is 0.169. The zero-order chi connectivity index (χ0) is 6.78. The molecule has 0 heterocycles. The molecule has 0 aliphatic heterocycles. The van der Waals surface area contributed by atoms with Crippen LogP contribution in [0.25, 0.3) is 0 Å². The molecule has 0 radical (unpaired) electrons. The van der Waals surface area contributed by atoms with Gasteiger partial charge in [0.1, 0.15) is 0 Å². The first-order valence-electron chi connectivity index (χ1n) is 2.57. The topological polar surface area (TPSA) is 26.3 Å². The van der Waals surface area contributed by atoms with Gasteiger partial charge < -0.3 is 0 Å². The normalized spacial score (nSPS) is 11.1. The summed E-state index contributed by atoms with van der Waals surface area (Å²) in [6.07, 6.45) is 0. The number of carbonyl (C=O) groups is 1. The molecule has 2 nitrogen and oxygen atoms in total. The van der Waals surface area contributed by atoms with Crippen LogP contribution in [0.5, 0.6) is 0 Å². The van der Waals surface area contributed by atoms with Gasteiger partial charge >= 0.3 is 58.3 Å². The van der Waals surface area contributed by atoms with E-state index >= 15 is 0 Å². The predicted molar refractivity (Wildman–Crippen MR) is 31.8 cm³/mol. The first kappa shape index (κ1) is 8.07. The van der Waals surface area contributed by atoms with Crippen LogP contribution < -0.4 is 0 Å². The van der Waals surface area contributed by atoms with Crippen molar-refractivity contribution >= 4 is 23.7 Å². The fourth-order valence-electron chi connectivity index (χ4n) is 0.306. The van der Waals surface area contributed by atoms with Crippen LogP contribution in [0.15, 0.2) is 0 Å². The summed E-state index contributed by atoms with van der Waals surface area (Å²) in [6, 6.07) is 0.